The number of rotatable bonds is 6. The molecule has 0 saturated carbocycles. The number of carbonyl (C=O) groups excluding carboxylic acids is 2. The number of anilines is 1. The zero-order chi connectivity index (χ0) is 18.7. The number of nitrogens with one attached hydrogen (secondary N) is 1. The lowest BCUT2D eigenvalue weighted by molar-refractivity contribution is -0.134. The van der Waals surface area contributed by atoms with Crippen LogP contribution in [0.4, 0.5) is 5.13 Å². The Bertz CT molecular complexity index is 837. The van der Waals surface area contributed by atoms with Crippen molar-refractivity contribution in [3.8, 4) is 0 Å². The first-order valence-corrected chi connectivity index (χ1v) is 9.49. The number of hydrogen-bond donors (Lipinski definition) is 1. The van der Waals surface area contributed by atoms with Gasteiger partial charge in [-0.25, -0.2) is 4.98 Å². The van der Waals surface area contributed by atoms with E-state index in [0.717, 1.165) is 17.0 Å². The molecule has 1 fully saturated rings. The molecule has 0 aliphatic carbocycles. The van der Waals surface area contributed by atoms with E-state index in [1.807, 2.05) is 6.92 Å². The lowest BCUT2D eigenvalue weighted by Crippen LogP contribution is -2.50. The van der Waals surface area contributed by atoms with E-state index in [4.69, 9.17) is 0 Å². The van der Waals surface area contributed by atoms with Gasteiger partial charge in [-0.05, 0) is 25.5 Å². The quantitative estimate of drug-likeness (QED) is 0.795. The van der Waals surface area contributed by atoms with E-state index in [0.29, 0.717) is 24.6 Å². The molecule has 0 spiro atoms. The Hall–Kier alpha value is -2.47. The maximum Gasteiger partial charge on any atom is 0.245 e. The molecule has 136 valence electrons. The molecule has 5 nitrogen and oxygen atoms in total. The van der Waals surface area contributed by atoms with Crippen LogP contribution < -0.4 is 5.32 Å². The highest BCUT2D eigenvalue weighted by molar-refractivity contribution is 7.15. The smallest absolute Gasteiger partial charge is 0.245 e. The number of amides is 2. The van der Waals surface area contributed by atoms with Gasteiger partial charge in [0.2, 0.25) is 11.8 Å². The van der Waals surface area contributed by atoms with Gasteiger partial charge in [0.05, 0.1) is 5.69 Å². The van der Waals surface area contributed by atoms with Crippen molar-refractivity contribution in [3.05, 3.63) is 58.6 Å². The third-order valence-electron chi connectivity index (χ3n) is 4.50. The third kappa shape index (κ3) is 4.38. The van der Waals surface area contributed by atoms with E-state index in [2.05, 4.69) is 48.1 Å². The largest absolute Gasteiger partial charge is 0.338 e. The van der Waals surface area contributed by atoms with Gasteiger partial charge in [0, 0.05) is 36.7 Å². The molecular formula is C20H23N3O2S. The summed E-state index contributed by atoms with van der Waals surface area (Å²) in [4.78, 5) is 31.0. The first-order valence-electron chi connectivity index (χ1n) is 8.67. The average Bonchev–Trinajstić information content (AvgIpc) is 2.89. The van der Waals surface area contributed by atoms with Crippen LogP contribution in [0, 0.1) is 19.8 Å². The van der Waals surface area contributed by atoms with Crippen LogP contribution in [0.15, 0.2) is 36.9 Å². The number of benzene rings is 1. The maximum atomic E-state index is 12.2. The Kier molecular flexibility index (Phi) is 5.52. The van der Waals surface area contributed by atoms with E-state index < -0.39 is 0 Å². The van der Waals surface area contributed by atoms with Crippen molar-refractivity contribution in [1.82, 2.24) is 9.88 Å². The van der Waals surface area contributed by atoms with Crippen LogP contribution >= 0.6 is 11.3 Å². The number of aryl methyl sites for hydroxylation is 2. The molecule has 1 saturated heterocycles. The Labute approximate surface area is 157 Å². The van der Waals surface area contributed by atoms with Crippen LogP contribution in [0.5, 0.6) is 0 Å². The third-order valence-corrected chi connectivity index (χ3v) is 5.58. The van der Waals surface area contributed by atoms with Crippen molar-refractivity contribution in [2.45, 2.75) is 26.7 Å². The van der Waals surface area contributed by atoms with Crippen molar-refractivity contribution in [2.75, 3.05) is 18.4 Å². The maximum absolute atomic E-state index is 12.2. The first kappa shape index (κ1) is 18.3. The summed E-state index contributed by atoms with van der Waals surface area (Å²) in [6, 6.07) is 8.42. The van der Waals surface area contributed by atoms with Crippen molar-refractivity contribution in [2.24, 2.45) is 5.92 Å². The number of thiazole rings is 1. The number of hydrogen-bond acceptors (Lipinski definition) is 4. The van der Waals surface area contributed by atoms with Crippen LogP contribution in [0.25, 0.3) is 0 Å². The summed E-state index contributed by atoms with van der Waals surface area (Å²) in [6.07, 6.45) is 2.54. The lowest BCUT2D eigenvalue weighted by Gasteiger charge is -2.38. The summed E-state index contributed by atoms with van der Waals surface area (Å²) in [5.41, 5.74) is 3.44. The molecule has 0 radical (unpaired) electrons. The van der Waals surface area contributed by atoms with Crippen molar-refractivity contribution < 1.29 is 9.59 Å². The highest BCUT2D eigenvalue weighted by atomic mass is 32.1. The predicted molar refractivity (Wildman–Crippen MR) is 104 cm³/mol. The molecule has 1 aliphatic rings. The molecule has 1 aromatic carbocycles. The highest BCUT2D eigenvalue weighted by Crippen LogP contribution is 2.26. The standard InChI is InChI=1S/C20H23N3O2S/c1-4-19(25)23-11-16(12-23)10-18(24)22-20-21-14(3)17(26-20)9-15-7-5-6-13(2)8-15/h4-8,16H,1,9-12H2,2-3H3,(H,21,22,24). The molecule has 1 aromatic heterocycles. The van der Waals surface area contributed by atoms with E-state index in [1.54, 1.807) is 4.90 Å². The highest BCUT2D eigenvalue weighted by Gasteiger charge is 2.30. The fourth-order valence-corrected chi connectivity index (χ4v) is 4.11. The number of likely N-dealkylation sites (tertiary alicyclic amines) is 1. The minimum atomic E-state index is -0.0713. The van der Waals surface area contributed by atoms with Gasteiger partial charge < -0.3 is 10.2 Å². The van der Waals surface area contributed by atoms with Crippen molar-refractivity contribution >= 4 is 28.3 Å². The Morgan fingerprint density at radius 1 is 1.38 bits per heavy atom. The van der Waals surface area contributed by atoms with Crippen LogP contribution in [0.1, 0.15) is 28.1 Å². The van der Waals surface area contributed by atoms with Gasteiger partial charge in [0.15, 0.2) is 5.13 Å². The fourth-order valence-electron chi connectivity index (χ4n) is 3.09. The van der Waals surface area contributed by atoms with Gasteiger partial charge in [-0.15, -0.1) is 11.3 Å². The van der Waals surface area contributed by atoms with Crippen LogP contribution in [0.3, 0.4) is 0 Å². The van der Waals surface area contributed by atoms with Gasteiger partial charge in [-0.3, -0.25) is 9.59 Å². The summed E-state index contributed by atoms with van der Waals surface area (Å²) in [5.74, 6) is 0.0984. The SMILES string of the molecule is C=CC(=O)N1CC(CC(=O)Nc2nc(C)c(Cc3cccc(C)c3)s2)C1. The minimum absolute atomic E-state index is 0.0449. The Morgan fingerprint density at radius 2 is 2.15 bits per heavy atom. The van der Waals surface area contributed by atoms with E-state index in [-0.39, 0.29) is 17.7 Å². The summed E-state index contributed by atoms with van der Waals surface area (Å²) < 4.78 is 0. The molecule has 26 heavy (non-hydrogen) atoms. The van der Waals surface area contributed by atoms with Crippen molar-refractivity contribution in [3.63, 3.8) is 0 Å². The molecule has 2 heterocycles. The summed E-state index contributed by atoms with van der Waals surface area (Å²) in [6.45, 7) is 8.77. The van der Waals surface area contributed by atoms with Crippen LogP contribution in [0.2, 0.25) is 0 Å². The number of aromatic nitrogens is 1. The van der Waals surface area contributed by atoms with E-state index in [1.165, 1.54) is 28.5 Å². The van der Waals surface area contributed by atoms with Crippen LogP contribution in [-0.4, -0.2) is 34.8 Å². The second kappa shape index (κ2) is 7.83. The van der Waals surface area contributed by atoms with E-state index >= 15 is 0 Å². The summed E-state index contributed by atoms with van der Waals surface area (Å²) >= 11 is 1.53. The molecule has 1 aliphatic heterocycles. The van der Waals surface area contributed by atoms with Crippen LogP contribution in [-0.2, 0) is 16.0 Å². The average molecular weight is 369 g/mol. The second-order valence-electron chi connectivity index (χ2n) is 6.76. The molecular weight excluding hydrogens is 346 g/mol. The second-order valence-corrected chi connectivity index (χ2v) is 7.84. The molecule has 0 unspecified atom stereocenters. The molecule has 6 heteroatoms. The number of carbonyl (C=O) groups is 2. The molecule has 1 N–H and O–H groups in total. The van der Waals surface area contributed by atoms with E-state index in [9.17, 15) is 9.59 Å². The fraction of sp³-hybridized carbons (Fsp3) is 0.350. The van der Waals surface area contributed by atoms with Gasteiger partial charge in [-0.1, -0.05) is 36.4 Å². The Balaban J connectivity index is 1.53. The lowest BCUT2D eigenvalue weighted by atomic mass is 9.96. The van der Waals surface area contributed by atoms with Crippen molar-refractivity contribution in [1.29, 1.82) is 0 Å². The molecule has 3 rings (SSSR count). The summed E-state index contributed by atoms with van der Waals surface area (Å²) in [5, 5.41) is 3.55. The van der Waals surface area contributed by atoms with Gasteiger partial charge >= 0.3 is 0 Å². The molecule has 0 bridgehead atoms. The Morgan fingerprint density at radius 3 is 2.85 bits per heavy atom. The number of nitrogens with zero attached hydrogens (tertiary/aromatic N) is 2. The topological polar surface area (TPSA) is 62.3 Å². The van der Waals surface area contributed by atoms with Gasteiger partial charge in [-0.2, -0.15) is 0 Å². The normalized spacial score (nSPS) is 14.0. The molecule has 0 atom stereocenters. The molecule has 2 amide bonds. The zero-order valence-corrected chi connectivity index (χ0v) is 15.9. The monoisotopic (exact) mass is 369 g/mol. The zero-order valence-electron chi connectivity index (χ0n) is 15.1. The minimum Gasteiger partial charge on any atom is -0.338 e. The predicted octanol–water partition coefficient (Wildman–Crippen LogP) is 3.32. The molecule has 2 aromatic rings. The first-order chi connectivity index (χ1) is 12.4. The summed E-state index contributed by atoms with van der Waals surface area (Å²) in [7, 11) is 0. The van der Waals surface area contributed by atoms with Gasteiger partial charge in [0.1, 0.15) is 0 Å². The van der Waals surface area contributed by atoms with Gasteiger partial charge in [0.25, 0.3) is 0 Å².